The summed E-state index contributed by atoms with van der Waals surface area (Å²) in [5, 5.41) is 4.55. The largest absolute Gasteiger partial charge is 0.317 e. The Morgan fingerprint density at radius 3 is 2.56 bits per heavy atom. The summed E-state index contributed by atoms with van der Waals surface area (Å²) >= 11 is 3.69. The molecule has 0 spiro atoms. The molecule has 4 aromatic heterocycles. The van der Waals surface area contributed by atoms with Crippen molar-refractivity contribution < 1.29 is 0 Å². The van der Waals surface area contributed by atoms with Gasteiger partial charge in [0.05, 0.1) is 10.4 Å². The molecule has 6 heteroatoms. The zero-order valence-electron chi connectivity index (χ0n) is 16.4. The van der Waals surface area contributed by atoms with E-state index in [0.29, 0.717) is 5.92 Å². The Bertz CT molecular complexity index is 1040. The van der Waals surface area contributed by atoms with Crippen molar-refractivity contribution in [3.8, 4) is 10.6 Å². The van der Waals surface area contributed by atoms with Crippen molar-refractivity contribution in [2.75, 3.05) is 13.1 Å². The molecule has 142 valence electrons. The number of hydrogen-bond acceptors (Lipinski definition) is 5. The second-order valence-corrected chi connectivity index (χ2v) is 8.98. The molecule has 1 N–H and O–H groups in total. The first-order chi connectivity index (χ1) is 13.2. The van der Waals surface area contributed by atoms with Gasteiger partial charge in [0.15, 0.2) is 0 Å². The lowest BCUT2D eigenvalue weighted by molar-refractivity contribution is 0.465. The van der Waals surface area contributed by atoms with E-state index >= 15 is 0 Å². The van der Waals surface area contributed by atoms with Crippen LogP contribution in [-0.2, 0) is 0 Å². The molecule has 5 heterocycles. The van der Waals surface area contributed by atoms with Crippen molar-refractivity contribution in [3.63, 3.8) is 0 Å². The molecule has 0 radical (unpaired) electrons. The summed E-state index contributed by atoms with van der Waals surface area (Å²) in [6, 6.07) is 4.59. The Kier molecular flexibility index (Phi) is 5.30. The normalized spacial score (nSPS) is 15.3. The Labute approximate surface area is 168 Å². The first-order valence-electron chi connectivity index (χ1n) is 9.75. The number of nitrogens with zero attached hydrogens (tertiary/aromatic N) is 3. The predicted octanol–water partition coefficient (Wildman–Crippen LogP) is 5.78. The highest BCUT2D eigenvalue weighted by Gasteiger charge is 2.19. The Morgan fingerprint density at radius 2 is 1.81 bits per heavy atom. The predicted molar refractivity (Wildman–Crippen MR) is 117 cm³/mol. The number of piperidine rings is 1. The first kappa shape index (κ1) is 18.6. The Balaban J connectivity index is 0.000000872. The molecular formula is C21H26N4S2. The van der Waals surface area contributed by atoms with Gasteiger partial charge in [-0.25, -0.2) is 9.97 Å². The van der Waals surface area contributed by atoms with Crippen LogP contribution in [0.4, 0.5) is 0 Å². The summed E-state index contributed by atoms with van der Waals surface area (Å²) in [5.41, 5.74) is 4.46. The van der Waals surface area contributed by atoms with Crippen LogP contribution < -0.4 is 5.32 Å². The van der Waals surface area contributed by atoms with Gasteiger partial charge in [-0.15, -0.1) is 22.7 Å². The van der Waals surface area contributed by atoms with Crippen LogP contribution in [0.3, 0.4) is 0 Å². The van der Waals surface area contributed by atoms with Crippen molar-refractivity contribution in [3.05, 3.63) is 40.7 Å². The number of pyridine rings is 1. The van der Waals surface area contributed by atoms with E-state index in [4.69, 9.17) is 4.98 Å². The fourth-order valence-corrected chi connectivity index (χ4v) is 6.07. The number of aryl methyl sites for hydroxylation is 2. The van der Waals surface area contributed by atoms with E-state index < -0.39 is 0 Å². The van der Waals surface area contributed by atoms with E-state index in [9.17, 15) is 0 Å². The molecule has 1 saturated heterocycles. The maximum Gasteiger partial charge on any atom is 0.139 e. The smallest absolute Gasteiger partial charge is 0.139 e. The minimum absolute atomic E-state index is 0.712. The van der Waals surface area contributed by atoms with Crippen LogP contribution in [0.5, 0.6) is 0 Å². The number of nitrogens with one attached hydrogen (secondary N) is 1. The lowest BCUT2D eigenvalue weighted by atomic mass is 9.97. The van der Waals surface area contributed by atoms with Crippen molar-refractivity contribution in [1.82, 2.24) is 19.7 Å². The minimum atomic E-state index is 0.712. The average Bonchev–Trinajstić information content (AvgIpc) is 3.36. The maximum atomic E-state index is 4.94. The third-order valence-electron chi connectivity index (χ3n) is 4.95. The van der Waals surface area contributed by atoms with Gasteiger partial charge in [0.2, 0.25) is 0 Å². The number of thiazole rings is 1. The van der Waals surface area contributed by atoms with Crippen molar-refractivity contribution in [1.29, 1.82) is 0 Å². The van der Waals surface area contributed by atoms with E-state index in [-0.39, 0.29) is 0 Å². The monoisotopic (exact) mass is 398 g/mol. The molecule has 4 nitrogen and oxygen atoms in total. The van der Waals surface area contributed by atoms with Gasteiger partial charge in [0.25, 0.3) is 0 Å². The fourth-order valence-electron chi connectivity index (χ4n) is 3.69. The zero-order chi connectivity index (χ0) is 19.0. The molecule has 0 amide bonds. The van der Waals surface area contributed by atoms with Gasteiger partial charge in [0.1, 0.15) is 15.5 Å². The van der Waals surface area contributed by atoms with Crippen LogP contribution in [0.15, 0.2) is 24.5 Å². The van der Waals surface area contributed by atoms with Crippen molar-refractivity contribution in [2.24, 2.45) is 0 Å². The second kappa shape index (κ2) is 7.70. The molecule has 0 aromatic carbocycles. The number of hydrogen-bond donors (Lipinski definition) is 1. The molecule has 5 rings (SSSR count). The number of imidazole rings is 1. The molecule has 1 fully saturated rings. The number of fused-ring (bicyclic) bond motifs is 2. The zero-order valence-corrected chi connectivity index (χ0v) is 18.0. The standard InChI is InChI=1S/C19H20N4S2.C2H6/c1-11-7-14(10-23-9-12(2)21-17(11)23)18-22-19-16(25-18)8-15(24-19)13-3-5-20-6-4-13;1-2/h7-10,13,20H,3-6H2,1-2H3;1-2H3. The van der Waals surface area contributed by atoms with E-state index in [1.165, 1.54) is 38.4 Å². The first-order valence-corrected chi connectivity index (χ1v) is 11.4. The molecular weight excluding hydrogens is 372 g/mol. The number of aromatic nitrogens is 3. The topological polar surface area (TPSA) is 42.2 Å². The summed E-state index contributed by atoms with van der Waals surface area (Å²) in [5.74, 6) is 0.712. The van der Waals surface area contributed by atoms with Crippen LogP contribution in [0.1, 0.15) is 48.7 Å². The highest BCUT2D eigenvalue weighted by Crippen LogP contribution is 2.40. The summed E-state index contributed by atoms with van der Waals surface area (Å²) < 4.78 is 3.45. The average molecular weight is 399 g/mol. The van der Waals surface area contributed by atoms with Crippen LogP contribution in [0.2, 0.25) is 0 Å². The van der Waals surface area contributed by atoms with Crippen LogP contribution >= 0.6 is 22.7 Å². The van der Waals surface area contributed by atoms with E-state index in [0.717, 1.165) is 29.4 Å². The molecule has 0 atom stereocenters. The van der Waals surface area contributed by atoms with Gasteiger partial charge in [-0.3, -0.25) is 0 Å². The molecule has 0 aliphatic carbocycles. The van der Waals surface area contributed by atoms with E-state index in [1.54, 1.807) is 0 Å². The minimum Gasteiger partial charge on any atom is -0.317 e. The summed E-state index contributed by atoms with van der Waals surface area (Å²) in [6.45, 7) is 10.4. The van der Waals surface area contributed by atoms with Crippen LogP contribution in [-0.4, -0.2) is 27.5 Å². The SMILES string of the molecule is CC.Cc1cn2cc(-c3nc4sc(C5CCNCC5)cc4s3)cc(C)c2n1. The third-order valence-corrected chi connectivity index (χ3v) is 7.32. The summed E-state index contributed by atoms with van der Waals surface area (Å²) in [4.78, 5) is 12.2. The maximum absolute atomic E-state index is 4.94. The lowest BCUT2D eigenvalue weighted by Gasteiger charge is -2.21. The highest BCUT2D eigenvalue weighted by atomic mass is 32.1. The molecule has 4 aromatic rings. The lowest BCUT2D eigenvalue weighted by Crippen LogP contribution is -2.26. The van der Waals surface area contributed by atoms with E-state index in [1.807, 2.05) is 43.4 Å². The van der Waals surface area contributed by atoms with E-state index in [2.05, 4.69) is 46.2 Å². The van der Waals surface area contributed by atoms with Gasteiger partial charge in [0, 0.05) is 22.8 Å². The summed E-state index contributed by atoms with van der Waals surface area (Å²) in [7, 11) is 0. The highest BCUT2D eigenvalue weighted by molar-refractivity contribution is 7.28. The summed E-state index contributed by atoms with van der Waals surface area (Å²) in [6.07, 6.45) is 6.72. The number of rotatable bonds is 2. The molecule has 0 bridgehead atoms. The molecule has 1 aliphatic rings. The molecule has 27 heavy (non-hydrogen) atoms. The van der Waals surface area contributed by atoms with Crippen LogP contribution in [0.25, 0.3) is 25.7 Å². The second-order valence-electron chi connectivity index (χ2n) is 6.89. The Morgan fingerprint density at radius 1 is 1.04 bits per heavy atom. The Hall–Kier alpha value is -1.76. The van der Waals surface area contributed by atoms with Crippen molar-refractivity contribution in [2.45, 2.75) is 46.5 Å². The third kappa shape index (κ3) is 3.53. The van der Waals surface area contributed by atoms with Gasteiger partial charge >= 0.3 is 0 Å². The fraction of sp³-hybridized carbons (Fsp3) is 0.429. The molecule has 0 saturated carbocycles. The van der Waals surface area contributed by atoms with Crippen molar-refractivity contribution >= 4 is 37.9 Å². The molecule has 1 aliphatic heterocycles. The van der Waals surface area contributed by atoms with Gasteiger partial charge < -0.3 is 9.72 Å². The quantitative estimate of drug-likeness (QED) is 0.465. The van der Waals surface area contributed by atoms with Gasteiger partial charge in [-0.2, -0.15) is 0 Å². The van der Waals surface area contributed by atoms with Gasteiger partial charge in [-0.1, -0.05) is 13.8 Å². The van der Waals surface area contributed by atoms with Gasteiger partial charge in [-0.05, 0) is 63.4 Å². The van der Waals surface area contributed by atoms with Crippen LogP contribution in [0, 0.1) is 13.8 Å². The molecule has 0 unspecified atom stereocenters. The number of thiophene rings is 1.